The minimum atomic E-state index is -0.863. The van der Waals surface area contributed by atoms with Gasteiger partial charge < -0.3 is 25.1 Å². The SMILES string of the molecule is COc1ccccc1Oc1c(OCCO)nc(-c2ncccn2)nc1C(N)=O. The number of methoxy groups -OCH3 is 1. The first-order chi connectivity index (χ1) is 13.6. The molecule has 0 aliphatic carbocycles. The number of hydrogen-bond acceptors (Lipinski definition) is 9. The summed E-state index contributed by atoms with van der Waals surface area (Å²) in [6.45, 7) is -0.367. The zero-order valence-electron chi connectivity index (χ0n) is 14.9. The van der Waals surface area contributed by atoms with Crippen LogP contribution >= 0.6 is 0 Å². The Morgan fingerprint density at radius 3 is 2.43 bits per heavy atom. The fraction of sp³-hybridized carbons (Fsp3) is 0.167. The molecule has 3 aromatic rings. The minimum Gasteiger partial charge on any atom is -0.493 e. The van der Waals surface area contributed by atoms with Crippen molar-refractivity contribution >= 4 is 5.91 Å². The van der Waals surface area contributed by atoms with E-state index in [9.17, 15) is 4.79 Å². The first-order valence-corrected chi connectivity index (χ1v) is 8.17. The molecule has 0 aliphatic rings. The number of aromatic nitrogens is 4. The molecule has 28 heavy (non-hydrogen) atoms. The highest BCUT2D eigenvalue weighted by atomic mass is 16.5. The van der Waals surface area contributed by atoms with Gasteiger partial charge in [0.05, 0.1) is 13.7 Å². The Morgan fingerprint density at radius 2 is 1.79 bits per heavy atom. The van der Waals surface area contributed by atoms with E-state index in [1.54, 1.807) is 30.3 Å². The molecule has 0 aliphatic heterocycles. The molecule has 10 heteroatoms. The van der Waals surface area contributed by atoms with Gasteiger partial charge in [-0.25, -0.2) is 15.0 Å². The predicted molar refractivity (Wildman–Crippen MR) is 97.2 cm³/mol. The van der Waals surface area contributed by atoms with E-state index in [0.29, 0.717) is 11.5 Å². The summed E-state index contributed by atoms with van der Waals surface area (Å²) in [5, 5.41) is 9.11. The molecular formula is C18H17N5O5. The third-order valence-electron chi connectivity index (χ3n) is 3.44. The molecule has 0 radical (unpaired) electrons. The summed E-state index contributed by atoms with van der Waals surface area (Å²) < 4.78 is 16.5. The van der Waals surface area contributed by atoms with Gasteiger partial charge in [0.1, 0.15) is 6.61 Å². The number of hydrogen-bond donors (Lipinski definition) is 2. The Hall–Kier alpha value is -3.79. The number of nitrogens with two attached hydrogens (primary N) is 1. The number of aliphatic hydroxyl groups excluding tert-OH is 1. The van der Waals surface area contributed by atoms with Crippen molar-refractivity contribution in [2.24, 2.45) is 5.73 Å². The van der Waals surface area contributed by atoms with Gasteiger partial charge >= 0.3 is 0 Å². The molecule has 1 aromatic carbocycles. The number of benzene rings is 1. The van der Waals surface area contributed by atoms with Crippen molar-refractivity contribution in [1.82, 2.24) is 19.9 Å². The molecule has 0 fully saturated rings. The van der Waals surface area contributed by atoms with Crippen LogP contribution in [0.3, 0.4) is 0 Å². The lowest BCUT2D eigenvalue weighted by Gasteiger charge is -2.15. The minimum absolute atomic E-state index is 0.0229. The quantitative estimate of drug-likeness (QED) is 0.586. The van der Waals surface area contributed by atoms with E-state index >= 15 is 0 Å². The van der Waals surface area contributed by atoms with Crippen LogP contribution in [0.1, 0.15) is 10.5 Å². The third kappa shape index (κ3) is 4.13. The van der Waals surface area contributed by atoms with Crippen LogP contribution in [0.4, 0.5) is 0 Å². The molecule has 1 amide bonds. The van der Waals surface area contributed by atoms with Gasteiger partial charge in [-0.2, -0.15) is 4.98 Å². The van der Waals surface area contributed by atoms with Crippen molar-refractivity contribution in [2.75, 3.05) is 20.3 Å². The van der Waals surface area contributed by atoms with E-state index in [4.69, 9.17) is 25.1 Å². The van der Waals surface area contributed by atoms with Gasteiger partial charge in [-0.05, 0) is 18.2 Å². The molecule has 144 valence electrons. The number of nitrogens with zero attached hydrogens (tertiary/aromatic N) is 4. The molecule has 0 bridgehead atoms. The third-order valence-corrected chi connectivity index (χ3v) is 3.44. The van der Waals surface area contributed by atoms with E-state index in [-0.39, 0.29) is 42.2 Å². The van der Waals surface area contributed by atoms with Gasteiger partial charge in [0.2, 0.25) is 11.6 Å². The Morgan fingerprint density at radius 1 is 1.07 bits per heavy atom. The van der Waals surface area contributed by atoms with Gasteiger partial charge in [-0.1, -0.05) is 12.1 Å². The van der Waals surface area contributed by atoms with Crippen molar-refractivity contribution in [3.05, 3.63) is 48.4 Å². The molecular weight excluding hydrogens is 366 g/mol. The van der Waals surface area contributed by atoms with E-state index < -0.39 is 5.91 Å². The molecule has 0 unspecified atom stereocenters. The lowest BCUT2D eigenvalue weighted by Crippen LogP contribution is -2.17. The van der Waals surface area contributed by atoms with Gasteiger partial charge in [0, 0.05) is 12.4 Å². The topological polar surface area (TPSA) is 143 Å². The van der Waals surface area contributed by atoms with E-state index in [1.165, 1.54) is 19.5 Å². The van der Waals surface area contributed by atoms with Crippen LogP contribution in [0.15, 0.2) is 42.7 Å². The first kappa shape index (κ1) is 19.0. The Balaban J connectivity index is 2.14. The molecule has 3 rings (SSSR count). The Kier molecular flexibility index (Phi) is 5.92. The van der Waals surface area contributed by atoms with Crippen LogP contribution in [-0.4, -0.2) is 51.3 Å². The number of primary amides is 1. The fourth-order valence-electron chi connectivity index (χ4n) is 2.26. The standard InChI is InChI=1S/C18H17N5O5/c1-26-11-5-2-3-6-12(11)28-14-13(15(19)25)22-17(16-20-7-4-8-21-16)23-18(14)27-10-9-24/h2-8,24H,9-10H2,1H3,(H2,19,25). The van der Waals surface area contributed by atoms with Crippen LogP contribution in [0, 0.1) is 0 Å². The normalized spacial score (nSPS) is 10.4. The maximum Gasteiger partial charge on any atom is 0.271 e. The molecule has 0 spiro atoms. The second-order valence-electron chi connectivity index (χ2n) is 5.29. The average molecular weight is 383 g/mol. The monoisotopic (exact) mass is 383 g/mol. The van der Waals surface area contributed by atoms with Crippen molar-refractivity contribution in [2.45, 2.75) is 0 Å². The van der Waals surface area contributed by atoms with Crippen LogP contribution in [0.5, 0.6) is 23.1 Å². The van der Waals surface area contributed by atoms with Crippen molar-refractivity contribution in [3.8, 4) is 34.8 Å². The number of carbonyl (C=O) groups is 1. The van der Waals surface area contributed by atoms with Crippen LogP contribution in [0.25, 0.3) is 11.6 Å². The van der Waals surface area contributed by atoms with Gasteiger partial charge in [0.15, 0.2) is 23.0 Å². The first-order valence-electron chi connectivity index (χ1n) is 8.17. The van der Waals surface area contributed by atoms with Crippen LogP contribution < -0.4 is 19.9 Å². The maximum atomic E-state index is 12.1. The summed E-state index contributed by atoms with van der Waals surface area (Å²) in [6.07, 6.45) is 3.01. The molecule has 2 heterocycles. The van der Waals surface area contributed by atoms with Gasteiger partial charge in [-0.3, -0.25) is 4.79 Å². The lowest BCUT2D eigenvalue weighted by atomic mass is 10.3. The van der Waals surface area contributed by atoms with Crippen LogP contribution in [0.2, 0.25) is 0 Å². The van der Waals surface area contributed by atoms with Crippen molar-refractivity contribution in [3.63, 3.8) is 0 Å². The smallest absolute Gasteiger partial charge is 0.271 e. The number of rotatable bonds is 8. The number of amides is 1. The molecule has 0 atom stereocenters. The van der Waals surface area contributed by atoms with Gasteiger partial charge in [0.25, 0.3) is 11.8 Å². The summed E-state index contributed by atoms with van der Waals surface area (Å²) in [4.78, 5) is 28.5. The number of aliphatic hydroxyl groups is 1. The van der Waals surface area contributed by atoms with Crippen LogP contribution in [-0.2, 0) is 0 Å². The molecule has 3 N–H and O–H groups in total. The molecule has 0 saturated carbocycles. The Bertz CT molecular complexity index is 968. The highest BCUT2D eigenvalue weighted by Gasteiger charge is 2.24. The summed E-state index contributed by atoms with van der Waals surface area (Å²) in [6, 6.07) is 8.42. The van der Waals surface area contributed by atoms with Gasteiger partial charge in [-0.15, -0.1) is 0 Å². The average Bonchev–Trinajstić information content (AvgIpc) is 2.73. The highest BCUT2D eigenvalue weighted by Crippen LogP contribution is 2.37. The number of carbonyl (C=O) groups excluding carboxylic acids is 1. The predicted octanol–water partition coefficient (Wildman–Crippen LogP) is 1.20. The molecule has 10 nitrogen and oxygen atoms in total. The molecule has 0 saturated heterocycles. The second-order valence-corrected chi connectivity index (χ2v) is 5.29. The summed E-state index contributed by atoms with van der Waals surface area (Å²) in [5.41, 5.74) is 5.27. The summed E-state index contributed by atoms with van der Waals surface area (Å²) >= 11 is 0. The zero-order valence-corrected chi connectivity index (χ0v) is 14.9. The Labute approximate surface area is 160 Å². The van der Waals surface area contributed by atoms with E-state index in [0.717, 1.165) is 0 Å². The molecule has 2 aromatic heterocycles. The zero-order chi connectivity index (χ0) is 19.9. The van der Waals surface area contributed by atoms with E-state index in [2.05, 4.69) is 19.9 Å². The summed E-state index contributed by atoms with van der Waals surface area (Å²) in [5.74, 6) is -0.151. The largest absolute Gasteiger partial charge is 0.493 e. The maximum absolute atomic E-state index is 12.1. The number of para-hydroxylation sites is 2. The van der Waals surface area contributed by atoms with Crippen molar-refractivity contribution < 1.29 is 24.1 Å². The summed E-state index contributed by atoms with van der Waals surface area (Å²) in [7, 11) is 1.48. The highest BCUT2D eigenvalue weighted by molar-refractivity contribution is 5.94. The van der Waals surface area contributed by atoms with E-state index in [1.807, 2.05) is 0 Å². The lowest BCUT2D eigenvalue weighted by molar-refractivity contribution is 0.0991. The van der Waals surface area contributed by atoms with Crippen molar-refractivity contribution in [1.29, 1.82) is 0 Å². The second kappa shape index (κ2) is 8.73. The fourth-order valence-corrected chi connectivity index (χ4v) is 2.26. The number of ether oxygens (including phenoxy) is 3.